The van der Waals surface area contributed by atoms with Crippen LogP contribution in [0, 0.1) is 5.92 Å². The van der Waals surface area contributed by atoms with E-state index in [0.29, 0.717) is 5.39 Å². The summed E-state index contributed by atoms with van der Waals surface area (Å²) in [4.78, 5) is 13.0. The third-order valence-corrected chi connectivity index (χ3v) is 6.83. The number of amides is 1. The first-order valence-electron chi connectivity index (χ1n) is 11.7. The Bertz CT molecular complexity index is 937. The molecule has 3 rings (SSSR count). The molecule has 1 amide bonds. The predicted octanol–water partition coefficient (Wildman–Crippen LogP) is 4.93. The topological polar surface area (TPSA) is 78.5 Å². The second-order valence-electron chi connectivity index (χ2n) is 8.15. The smallest absolute Gasteiger partial charge is 0.241 e. The second-order valence-corrected chi connectivity index (χ2v) is 9.88. The molecule has 0 aliphatic heterocycles. The van der Waals surface area contributed by atoms with Crippen LogP contribution in [-0.4, -0.2) is 41.5 Å². The maximum atomic E-state index is 12.5. The van der Waals surface area contributed by atoms with Gasteiger partial charge in [-0.3, -0.25) is 4.79 Å². The van der Waals surface area contributed by atoms with Crippen molar-refractivity contribution < 1.29 is 13.2 Å². The Morgan fingerprint density at radius 2 is 1.56 bits per heavy atom. The Morgan fingerprint density at radius 3 is 2.09 bits per heavy atom. The fraction of sp³-hybridized carbons (Fsp3) is 0.560. The molecule has 1 fully saturated rings. The summed E-state index contributed by atoms with van der Waals surface area (Å²) in [5, 5.41) is 4.11. The van der Waals surface area contributed by atoms with Crippen molar-refractivity contribution in [1.82, 2.24) is 10.0 Å². The molecule has 6 nitrogen and oxygen atoms in total. The Labute approximate surface area is 194 Å². The van der Waals surface area contributed by atoms with Gasteiger partial charge in [0.1, 0.15) is 0 Å². The predicted molar refractivity (Wildman–Crippen MR) is 136 cm³/mol. The summed E-state index contributed by atoms with van der Waals surface area (Å²) in [5.74, 6) is 0.846. The van der Waals surface area contributed by atoms with Crippen LogP contribution in [0.4, 0.5) is 5.69 Å². The average Bonchev–Trinajstić information content (AvgIpc) is 2.78. The molecule has 7 heteroatoms. The molecule has 0 spiro atoms. The second kappa shape index (κ2) is 14.1. The van der Waals surface area contributed by atoms with Crippen LogP contribution in [0.15, 0.2) is 41.3 Å². The Hall–Kier alpha value is -2.12. The van der Waals surface area contributed by atoms with Crippen molar-refractivity contribution in [3.63, 3.8) is 0 Å². The Balaban J connectivity index is 0.000000477. The number of hydrogen-bond donors (Lipinski definition) is 2. The van der Waals surface area contributed by atoms with Crippen molar-refractivity contribution >= 4 is 32.4 Å². The lowest BCUT2D eigenvalue weighted by Crippen LogP contribution is -2.33. The summed E-state index contributed by atoms with van der Waals surface area (Å²) >= 11 is 0. The number of nitrogens with one attached hydrogen (secondary N) is 2. The van der Waals surface area contributed by atoms with Gasteiger partial charge in [0.15, 0.2) is 0 Å². The highest BCUT2D eigenvalue weighted by Gasteiger charge is 2.18. The molecule has 0 bridgehead atoms. The number of nitrogens with zero attached hydrogens (tertiary/aromatic N) is 1. The van der Waals surface area contributed by atoms with Gasteiger partial charge in [-0.1, -0.05) is 77.1 Å². The first-order valence-corrected chi connectivity index (χ1v) is 13.1. The highest BCUT2D eigenvalue weighted by Crippen LogP contribution is 2.30. The maximum absolute atomic E-state index is 12.5. The van der Waals surface area contributed by atoms with Gasteiger partial charge in [0.2, 0.25) is 15.9 Å². The zero-order valence-electron chi connectivity index (χ0n) is 20.6. The van der Waals surface area contributed by atoms with Gasteiger partial charge in [0.25, 0.3) is 0 Å². The summed E-state index contributed by atoms with van der Waals surface area (Å²) in [6, 6.07) is 10.8. The highest BCUT2D eigenvalue weighted by atomic mass is 32.2. The van der Waals surface area contributed by atoms with E-state index in [9.17, 15) is 13.2 Å². The Morgan fingerprint density at radius 1 is 0.969 bits per heavy atom. The third-order valence-electron chi connectivity index (χ3n) is 5.32. The fourth-order valence-corrected chi connectivity index (χ4v) is 4.95. The number of benzene rings is 2. The number of carbonyl (C=O) groups is 1. The maximum Gasteiger partial charge on any atom is 0.241 e. The molecule has 0 unspecified atom stereocenters. The van der Waals surface area contributed by atoms with E-state index in [-0.39, 0.29) is 23.9 Å². The minimum atomic E-state index is -3.65. The lowest BCUT2D eigenvalue weighted by atomic mass is 9.91. The van der Waals surface area contributed by atoms with E-state index < -0.39 is 10.0 Å². The van der Waals surface area contributed by atoms with Gasteiger partial charge in [-0.15, -0.1) is 0 Å². The number of hydrogen-bond acceptors (Lipinski definition) is 4. The molecule has 1 aliphatic rings. The van der Waals surface area contributed by atoms with Crippen LogP contribution in [0.25, 0.3) is 10.8 Å². The zero-order chi connectivity index (χ0) is 24.1. The minimum Gasteiger partial charge on any atom is -0.377 e. The quantitative estimate of drug-likeness (QED) is 0.595. The first kappa shape index (κ1) is 27.9. The van der Waals surface area contributed by atoms with Gasteiger partial charge in [0, 0.05) is 50.6 Å². The molecule has 180 valence electrons. The van der Waals surface area contributed by atoms with Gasteiger partial charge in [0.05, 0.1) is 4.90 Å². The summed E-state index contributed by atoms with van der Waals surface area (Å²) in [6.45, 7) is 8.15. The van der Waals surface area contributed by atoms with Crippen molar-refractivity contribution in [1.29, 1.82) is 0 Å². The molecule has 2 aromatic carbocycles. The molecular formula is C25H41N3O3S. The van der Waals surface area contributed by atoms with E-state index in [1.165, 1.54) is 39.0 Å². The molecule has 0 saturated heterocycles. The molecule has 32 heavy (non-hydrogen) atoms. The first-order chi connectivity index (χ1) is 15.2. The number of carbonyl (C=O) groups excluding carboxylic acids is 1. The molecule has 0 aromatic heterocycles. The van der Waals surface area contributed by atoms with Gasteiger partial charge in [-0.2, -0.15) is 0 Å². The molecule has 0 radical (unpaired) electrons. The van der Waals surface area contributed by atoms with Crippen molar-refractivity contribution in [2.24, 2.45) is 5.92 Å². The molecule has 0 heterocycles. The van der Waals surface area contributed by atoms with Crippen LogP contribution in [0.1, 0.15) is 59.8 Å². The molecule has 1 aliphatic carbocycles. The lowest BCUT2D eigenvalue weighted by molar-refractivity contribution is -0.118. The summed E-state index contributed by atoms with van der Waals surface area (Å²) < 4.78 is 27.6. The van der Waals surface area contributed by atoms with Crippen LogP contribution in [0.2, 0.25) is 0 Å². The summed E-state index contributed by atoms with van der Waals surface area (Å²) in [5.41, 5.74) is 0.956. The zero-order valence-corrected chi connectivity index (χ0v) is 21.4. The standard InChI is InChI=1S/C16H21N3O3S.C7H14.C2H6/c1-12(20)17-10-11-18-23(21,22)16-9-5-6-13-14(16)7-4-8-15(13)19(2)3;1-7-5-3-2-4-6-7;1-2/h4-9,18H,10-11H2,1-3H3,(H,17,20);7H,2-6H2,1H3;1-2H3. The van der Waals surface area contributed by atoms with Crippen molar-refractivity contribution in [2.45, 2.75) is 64.7 Å². The average molecular weight is 464 g/mol. The Kier molecular flexibility index (Phi) is 12.3. The van der Waals surface area contributed by atoms with Crippen molar-refractivity contribution in [2.75, 3.05) is 32.1 Å². The van der Waals surface area contributed by atoms with Crippen LogP contribution >= 0.6 is 0 Å². The monoisotopic (exact) mass is 463 g/mol. The number of anilines is 1. The number of rotatable bonds is 6. The van der Waals surface area contributed by atoms with E-state index in [0.717, 1.165) is 17.0 Å². The molecule has 0 atom stereocenters. The van der Waals surface area contributed by atoms with E-state index in [2.05, 4.69) is 17.0 Å². The fourth-order valence-electron chi connectivity index (χ4n) is 3.70. The molecule has 1 saturated carbocycles. The van der Waals surface area contributed by atoms with E-state index in [1.807, 2.05) is 51.0 Å². The van der Waals surface area contributed by atoms with Crippen LogP contribution < -0.4 is 14.9 Å². The normalized spacial score (nSPS) is 13.9. The van der Waals surface area contributed by atoms with Crippen LogP contribution in [0.3, 0.4) is 0 Å². The summed E-state index contributed by atoms with van der Waals surface area (Å²) in [7, 11) is 0.189. The van der Waals surface area contributed by atoms with E-state index in [1.54, 1.807) is 18.2 Å². The molecule has 2 aromatic rings. The highest BCUT2D eigenvalue weighted by molar-refractivity contribution is 7.89. The van der Waals surface area contributed by atoms with Gasteiger partial charge in [-0.25, -0.2) is 13.1 Å². The number of sulfonamides is 1. The van der Waals surface area contributed by atoms with Crippen molar-refractivity contribution in [3.8, 4) is 0 Å². The minimum absolute atomic E-state index is 0.145. The van der Waals surface area contributed by atoms with Gasteiger partial charge >= 0.3 is 0 Å². The van der Waals surface area contributed by atoms with Crippen molar-refractivity contribution in [3.05, 3.63) is 36.4 Å². The van der Waals surface area contributed by atoms with Gasteiger partial charge < -0.3 is 10.2 Å². The largest absolute Gasteiger partial charge is 0.377 e. The van der Waals surface area contributed by atoms with E-state index >= 15 is 0 Å². The SMILES string of the molecule is CC.CC(=O)NCCNS(=O)(=O)c1cccc2c(N(C)C)cccc12.CC1CCCCC1. The third kappa shape index (κ3) is 8.79. The van der Waals surface area contributed by atoms with E-state index in [4.69, 9.17) is 0 Å². The van der Waals surface area contributed by atoms with Gasteiger partial charge in [-0.05, 0) is 18.1 Å². The lowest BCUT2D eigenvalue weighted by Gasteiger charge is -2.17. The summed E-state index contributed by atoms with van der Waals surface area (Å²) in [6.07, 6.45) is 7.44. The molecule has 2 N–H and O–H groups in total. The number of fused-ring (bicyclic) bond motifs is 1. The van der Waals surface area contributed by atoms with Crippen LogP contribution in [0.5, 0.6) is 0 Å². The molecular weight excluding hydrogens is 422 g/mol. The van der Waals surface area contributed by atoms with Crippen LogP contribution in [-0.2, 0) is 14.8 Å².